The molecule has 0 saturated carbocycles. The molecule has 16 heavy (non-hydrogen) atoms. The van der Waals surface area contributed by atoms with Gasteiger partial charge in [-0.25, -0.2) is 0 Å². The van der Waals surface area contributed by atoms with Crippen LogP contribution in [0.5, 0.6) is 0 Å². The number of thiazole rings is 1. The monoisotopic (exact) mass is 239 g/mol. The lowest BCUT2D eigenvalue weighted by Gasteiger charge is -2.14. The number of hydrogen-bond donors (Lipinski definition) is 1. The molecule has 2 rings (SSSR count). The highest BCUT2D eigenvalue weighted by molar-refractivity contribution is 7.09. The minimum absolute atomic E-state index is 0.847. The molecule has 1 saturated heterocycles. The van der Waals surface area contributed by atoms with Gasteiger partial charge in [-0.2, -0.15) is 0 Å². The Bertz CT molecular complexity index is 286. The zero-order valence-corrected chi connectivity index (χ0v) is 10.8. The molecule has 1 aliphatic rings. The zero-order valence-electron chi connectivity index (χ0n) is 9.98. The van der Waals surface area contributed by atoms with Crippen LogP contribution in [0.25, 0.3) is 0 Å². The van der Waals surface area contributed by atoms with Crippen molar-refractivity contribution >= 4 is 11.3 Å². The van der Waals surface area contributed by atoms with Crippen LogP contribution in [0.1, 0.15) is 24.6 Å². The molecule has 1 atom stereocenters. The van der Waals surface area contributed by atoms with E-state index in [1.807, 2.05) is 11.7 Å². The summed E-state index contributed by atoms with van der Waals surface area (Å²) >= 11 is 1.76. The van der Waals surface area contributed by atoms with Crippen molar-refractivity contribution in [1.29, 1.82) is 0 Å². The summed E-state index contributed by atoms with van der Waals surface area (Å²) in [5.41, 5.74) is 1.92. The first-order valence-electron chi connectivity index (χ1n) is 6.19. The van der Waals surface area contributed by atoms with Crippen molar-refractivity contribution in [2.45, 2.75) is 26.3 Å². The molecule has 1 unspecified atom stereocenters. The summed E-state index contributed by atoms with van der Waals surface area (Å²) in [5, 5.41) is 3.52. The van der Waals surface area contributed by atoms with Crippen LogP contribution in [0, 0.1) is 5.92 Å². The molecule has 1 aromatic heterocycles. The Labute approximate surface area is 102 Å². The van der Waals surface area contributed by atoms with E-state index in [9.17, 15) is 0 Å². The lowest BCUT2D eigenvalue weighted by atomic mass is 10.1. The average Bonchev–Trinajstić information content (AvgIpc) is 2.91. The Kier molecular flexibility index (Phi) is 4.75. The third-order valence-electron chi connectivity index (χ3n) is 3.09. The Morgan fingerprint density at radius 3 is 3.31 bits per heavy atom. The summed E-state index contributed by atoms with van der Waals surface area (Å²) in [6.45, 7) is 8.15. The van der Waals surface area contributed by atoms with Gasteiger partial charge in [0, 0.05) is 24.2 Å². The Hall–Kier alpha value is -0.450. The molecule has 0 spiro atoms. The van der Waals surface area contributed by atoms with E-state index in [0.29, 0.717) is 0 Å². The van der Waals surface area contributed by atoms with Crippen LogP contribution in [-0.4, -0.2) is 36.1 Å². The first kappa shape index (κ1) is 12.0. The van der Waals surface area contributed by atoms with E-state index < -0.39 is 0 Å². The van der Waals surface area contributed by atoms with Crippen molar-refractivity contribution in [1.82, 2.24) is 15.2 Å². The predicted octanol–water partition coefficient (Wildman–Crippen LogP) is 1.96. The maximum atomic E-state index is 4.12. The van der Waals surface area contributed by atoms with E-state index in [4.69, 9.17) is 0 Å². The quantitative estimate of drug-likeness (QED) is 0.769. The van der Waals surface area contributed by atoms with E-state index in [1.54, 1.807) is 11.3 Å². The van der Waals surface area contributed by atoms with E-state index in [0.717, 1.165) is 19.0 Å². The molecule has 4 heteroatoms. The van der Waals surface area contributed by atoms with Gasteiger partial charge in [0.25, 0.3) is 0 Å². The van der Waals surface area contributed by atoms with E-state index in [-0.39, 0.29) is 0 Å². The topological polar surface area (TPSA) is 28.2 Å². The smallest absolute Gasteiger partial charge is 0.0794 e. The molecule has 0 aromatic carbocycles. The number of hydrogen-bond acceptors (Lipinski definition) is 4. The van der Waals surface area contributed by atoms with Crippen LogP contribution in [0.2, 0.25) is 0 Å². The van der Waals surface area contributed by atoms with Crippen molar-refractivity contribution in [3.63, 3.8) is 0 Å². The van der Waals surface area contributed by atoms with Crippen LogP contribution in [0.15, 0.2) is 11.7 Å². The maximum Gasteiger partial charge on any atom is 0.0794 e. The average molecular weight is 239 g/mol. The van der Waals surface area contributed by atoms with Gasteiger partial charge >= 0.3 is 0 Å². The van der Waals surface area contributed by atoms with Gasteiger partial charge in [0.2, 0.25) is 0 Å². The van der Waals surface area contributed by atoms with Crippen LogP contribution in [-0.2, 0) is 6.54 Å². The second kappa shape index (κ2) is 6.33. The number of likely N-dealkylation sites (tertiary alicyclic amines) is 1. The molecule has 3 nitrogen and oxygen atoms in total. The second-order valence-electron chi connectivity index (χ2n) is 4.56. The minimum Gasteiger partial charge on any atom is -0.316 e. The summed E-state index contributed by atoms with van der Waals surface area (Å²) < 4.78 is 0. The fourth-order valence-electron chi connectivity index (χ4n) is 2.25. The van der Waals surface area contributed by atoms with Crippen molar-refractivity contribution < 1.29 is 0 Å². The summed E-state index contributed by atoms with van der Waals surface area (Å²) in [5.74, 6) is 0.847. The van der Waals surface area contributed by atoms with E-state index in [2.05, 4.69) is 22.1 Å². The lowest BCUT2D eigenvalue weighted by Crippen LogP contribution is -2.26. The number of aromatic nitrogens is 1. The molecule has 1 fully saturated rings. The van der Waals surface area contributed by atoms with Gasteiger partial charge in [0.15, 0.2) is 0 Å². The summed E-state index contributed by atoms with van der Waals surface area (Å²) in [6, 6.07) is 0. The van der Waals surface area contributed by atoms with Crippen molar-refractivity contribution in [3.8, 4) is 0 Å². The molecule has 1 aliphatic heterocycles. The number of nitrogens with zero attached hydrogens (tertiary/aromatic N) is 2. The van der Waals surface area contributed by atoms with Gasteiger partial charge in [0.1, 0.15) is 0 Å². The Morgan fingerprint density at radius 2 is 2.56 bits per heavy atom. The minimum atomic E-state index is 0.847. The molecular weight excluding hydrogens is 218 g/mol. The molecule has 90 valence electrons. The SMILES string of the molecule is CCCNCC1CCN(Cc2cncs2)C1. The van der Waals surface area contributed by atoms with Crippen molar-refractivity contribution in [3.05, 3.63) is 16.6 Å². The molecule has 2 heterocycles. The van der Waals surface area contributed by atoms with Gasteiger partial charge in [0.05, 0.1) is 5.51 Å². The summed E-state index contributed by atoms with van der Waals surface area (Å²) in [4.78, 5) is 8.06. The van der Waals surface area contributed by atoms with Gasteiger partial charge < -0.3 is 5.32 Å². The Morgan fingerprint density at radius 1 is 1.62 bits per heavy atom. The summed E-state index contributed by atoms with van der Waals surface area (Å²) in [7, 11) is 0. The highest BCUT2D eigenvalue weighted by Crippen LogP contribution is 2.19. The normalized spacial score (nSPS) is 21.7. The van der Waals surface area contributed by atoms with Gasteiger partial charge in [-0.3, -0.25) is 9.88 Å². The third-order valence-corrected chi connectivity index (χ3v) is 3.86. The van der Waals surface area contributed by atoms with Crippen LogP contribution in [0.3, 0.4) is 0 Å². The molecule has 1 N–H and O–H groups in total. The molecule has 1 aromatic rings. The predicted molar refractivity (Wildman–Crippen MR) is 68.7 cm³/mol. The first-order valence-corrected chi connectivity index (χ1v) is 7.07. The largest absolute Gasteiger partial charge is 0.316 e. The van der Waals surface area contributed by atoms with Crippen LogP contribution >= 0.6 is 11.3 Å². The van der Waals surface area contributed by atoms with Gasteiger partial charge in [-0.15, -0.1) is 11.3 Å². The highest BCUT2D eigenvalue weighted by atomic mass is 32.1. The van der Waals surface area contributed by atoms with Crippen LogP contribution < -0.4 is 5.32 Å². The molecule has 0 bridgehead atoms. The Balaban J connectivity index is 1.67. The zero-order chi connectivity index (χ0) is 11.2. The third kappa shape index (κ3) is 3.54. The van der Waals surface area contributed by atoms with Crippen molar-refractivity contribution in [2.24, 2.45) is 5.92 Å². The standard InChI is InChI=1S/C12H21N3S/c1-2-4-13-6-11-3-5-15(8-11)9-12-7-14-10-16-12/h7,10-11,13H,2-6,8-9H2,1H3. The van der Waals surface area contributed by atoms with Gasteiger partial charge in [-0.1, -0.05) is 6.92 Å². The van der Waals surface area contributed by atoms with E-state index in [1.165, 1.54) is 37.4 Å². The summed E-state index contributed by atoms with van der Waals surface area (Å²) in [6.07, 6.45) is 4.57. The lowest BCUT2D eigenvalue weighted by molar-refractivity contribution is 0.317. The highest BCUT2D eigenvalue weighted by Gasteiger charge is 2.22. The maximum absolute atomic E-state index is 4.12. The first-order chi connectivity index (χ1) is 7.88. The van der Waals surface area contributed by atoms with Crippen LogP contribution in [0.4, 0.5) is 0 Å². The fourth-order valence-corrected chi connectivity index (χ4v) is 2.88. The molecular formula is C12H21N3S. The number of nitrogens with one attached hydrogen (secondary N) is 1. The number of rotatable bonds is 6. The van der Waals surface area contributed by atoms with E-state index >= 15 is 0 Å². The molecule has 0 aliphatic carbocycles. The second-order valence-corrected chi connectivity index (χ2v) is 5.53. The molecule has 0 radical (unpaired) electrons. The molecule has 0 amide bonds. The fraction of sp³-hybridized carbons (Fsp3) is 0.750. The van der Waals surface area contributed by atoms with Gasteiger partial charge in [-0.05, 0) is 38.4 Å². The van der Waals surface area contributed by atoms with Crippen molar-refractivity contribution in [2.75, 3.05) is 26.2 Å².